The summed E-state index contributed by atoms with van der Waals surface area (Å²) in [6.07, 6.45) is 15.3. The van der Waals surface area contributed by atoms with E-state index in [1.807, 2.05) is 6.08 Å². The van der Waals surface area contributed by atoms with Crippen LogP contribution in [0.2, 0.25) is 0 Å². The van der Waals surface area contributed by atoms with Gasteiger partial charge in [0.15, 0.2) is 0 Å². The molecule has 1 heteroatoms. The maximum absolute atomic E-state index is 5.65. The van der Waals surface area contributed by atoms with Crippen LogP contribution in [0.1, 0.15) is 68.9 Å². The summed E-state index contributed by atoms with van der Waals surface area (Å²) in [5.74, 6) is 1.64. The van der Waals surface area contributed by atoms with Gasteiger partial charge in [-0.25, -0.2) is 0 Å². The van der Waals surface area contributed by atoms with Crippen molar-refractivity contribution in [2.75, 3.05) is 6.61 Å². The molecule has 1 aliphatic carbocycles. The van der Waals surface area contributed by atoms with E-state index in [-0.39, 0.29) is 0 Å². The second-order valence-corrected chi connectivity index (χ2v) is 8.28. The molecule has 0 bridgehead atoms. The van der Waals surface area contributed by atoms with Crippen LogP contribution in [0.5, 0.6) is 0 Å². The lowest BCUT2D eigenvalue weighted by atomic mass is 9.77. The van der Waals surface area contributed by atoms with Gasteiger partial charge in [0.25, 0.3) is 0 Å². The van der Waals surface area contributed by atoms with Crippen molar-refractivity contribution in [3.05, 3.63) is 84.5 Å². The minimum atomic E-state index is 0.671. The van der Waals surface area contributed by atoms with Crippen molar-refractivity contribution in [1.82, 2.24) is 0 Å². The van der Waals surface area contributed by atoms with Crippen LogP contribution in [0.3, 0.4) is 0 Å². The number of ether oxygens (including phenoxy) is 1. The highest BCUT2D eigenvalue weighted by Crippen LogP contribution is 2.37. The maximum atomic E-state index is 5.65. The molecule has 0 spiro atoms. The van der Waals surface area contributed by atoms with E-state index in [2.05, 4.69) is 74.2 Å². The molecule has 1 nitrogen and oxygen atoms in total. The highest BCUT2D eigenvalue weighted by atomic mass is 16.5. The summed E-state index contributed by atoms with van der Waals surface area (Å²) in [5.41, 5.74) is 5.31. The number of allylic oxidation sites excluding steroid dienone is 2. The molecule has 0 N–H and O–H groups in total. The SMILES string of the molecule is C=CCCOCc1ccc(-c2ccc(C3CCC(CC=CCC)CC3)cc2)cc1. The third kappa shape index (κ3) is 6.72. The molecule has 29 heavy (non-hydrogen) atoms. The van der Waals surface area contributed by atoms with Crippen molar-refractivity contribution in [3.63, 3.8) is 0 Å². The second-order valence-electron chi connectivity index (χ2n) is 8.28. The van der Waals surface area contributed by atoms with Crippen LogP contribution in [0, 0.1) is 5.92 Å². The van der Waals surface area contributed by atoms with Gasteiger partial charge in [0, 0.05) is 0 Å². The maximum Gasteiger partial charge on any atom is 0.0717 e. The van der Waals surface area contributed by atoms with Crippen molar-refractivity contribution < 1.29 is 4.74 Å². The van der Waals surface area contributed by atoms with E-state index in [9.17, 15) is 0 Å². The lowest BCUT2D eigenvalue weighted by Gasteiger charge is -2.28. The minimum absolute atomic E-state index is 0.671. The summed E-state index contributed by atoms with van der Waals surface area (Å²) in [4.78, 5) is 0. The molecule has 2 aromatic carbocycles. The zero-order chi connectivity index (χ0) is 20.3. The summed E-state index contributed by atoms with van der Waals surface area (Å²) in [6.45, 7) is 7.35. The van der Waals surface area contributed by atoms with Gasteiger partial charge < -0.3 is 4.74 Å². The molecule has 0 amide bonds. The van der Waals surface area contributed by atoms with E-state index in [1.54, 1.807) is 0 Å². The van der Waals surface area contributed by atoms with Gasteiger partial charge in [0.05, 0.1) is 13.2 Å². The largest absolute Gasteiger partial charge is 0.376 e. The number of hydrogen-bond donors (Lipinski definition) is 0. The molecule has 1 fully saturated rings. The first-order valence-corrected chi connectivity index (χ1v) is 11.3. The molecule has 0 atom stereocenters. The molecule has 3 rings (SSSR count). The highest BCUT2D eigenvalue weighted by Gasteiger charge is 2.21. The van der Waals surface area contributed by atoms with Crippen molar-refractivity contribution >= 4 is 0 Å². The van der Waals surface area contributed by atoms with Gasteiger partial charge in [-0.1, -0.05) is 73.7 Å². The van der Waals surface area contributed by atoms with E-state index in [4.69, 9.17) is 4.74 Å². The number of benzene rings is 2. The van der Waals surface area contributed by atoms with Crippen LogP contribution < -0.4 is 0 Å². The first kappa shape index (κ1) is 21.6. The van der Waals surface area contributed by atoms with Crippen LogP contribution in [-0.2, 0) is 11.3 Å². The van der Waals surface area contributed by atoms with E-state index in [1.165, 1.54) is 54.4 Å². The van der Waals surface area contributed by atoms with Crippen LogP contribution >= 0.6 is 0 Å². The first-order valence-electron chi connectivity index (χ1n) is 11.3. The van der Waals surface area contributed by atoms with E-state index >= 15 is 0 Å². The summed E-state index contributed by atoms with van der Waals surface area (Å²) in [6, 6.07) is 18.0. The van der Waals surface area contributed by atoms with Gasteiger partial charge in [0.1, 0.15) is 0 Å². The fourth-order valence-electron chi connectivity index (χ4n) is 4.28. The van der Waals surface area contributed by atoms with Crippen LogP contribution in [0.15, 0.2) is 73.3 Å². The Balaban J connectivity index is 1.51. The average Bonchev–Trinajstić information content (AvgIpc) is 2.78. The van der Waals surface area contributed by atoms with Crippen LogP contribution in [0.25, 0.3) is 11.1 Å². The Morgan fingerprint density at radius 3 is 2.17 bits per heavy atom. The molecule has 0 unspecified atom stereocenters. The zero-order valence-electron chi connectivity index (χ0n) is 18.0. The average molecular weight is 389 g/mol. The Labute approximate surface area is 177 Å². The zero-order valence-corrected chi connectivity index (χ0v) is 18.0. The molecule has 2 aromatic rings. The van der Waals surface area contributed by atoms with Crippen LogP contribution in [0.4, 0.5) is 0 Å². The molecule has 0 heterocycles. The summed E-state index contributed by atoms with van der Waals surface area (Å²) < 4.78 is 5.65. The molecular formula is C28H36O. The quantitative estimate of drug-likeness (QED) is 0.295. The Kier molecular flexibility index (Phi) is 8.77. The van der Waals surface area contributed by atoms with Gasteiger partial charge in [-0.05, 0) is 79.0 Å². The van der Waals surface area contributed by atoms with E-state index < -0.39 is 0 Å². The lowest BCUT2D eigenvalue weighted by molar-refractivity contribution is 0.125. The molecular weight excluding hydrogens is 352 g/mol. The molecule has 0 saturated heterocycles. The monoisotopic (exact) mass is 388 g/mol. The predicted molar refractivity (Wildman–Crippen MR) is 125 cm³/mol. The predicted octanol–water partition coefficient (Wildman–Crippen LogP) is 8.08. The number of hydrogen-bond acceptors (Lipinski definition) is 1. The third-order valence-corrected chi connectivity index (χ3v) is 6.12. The normalized spacial score (nSPS) is 19.5. The van der Waals surface area contributed by atoms with Crippen molar-refractivity contribution in [2.45, 2.75) is 64.4 Å². The Hall–Kier alpha value is -2.12. The highest BCUT2D eigenvalue weighted by molar-refractivity contribution is 5.64. The van der Waals surface area contributed by atoms with E-state index in [0.717, 1.165) is 31.3 Å². The topological polar surface area (TPSA) is 9.23 Å². The Morgan fingerprint density at radius 2 is 1.55 bits per heavy atom. The van der Waals surface area contributed by atoms with Gasteiger partial charge in [-0.3, -0.25) is 0 Å². The van der Waals surface area contributed by atoms with Crippen molar-refractivity contribution in [2.24, 2.45) is 5.92 Å². The van der Waals surface area contributed by atoms with Gasteiger partial charge in [0.2, 0.25) is 0 Å². The fourth-order valence-corrected chi connectivity index (χ4v) is 4.28. The van der Waals surface area contributed by atoms with Crippen LogP contribution in [-0.4, -0.2) is 6.61 Å². The number of rotatable bonds is 10. The fraction of sp³-hybridized carbons (Fsp3) is 0.429. The van der Waals surface area contributed by atoms with Gasteiger partial charge in [-0.15, -0.1) is 6.58 Å². The molecule has 0 aliphatic heterocycles. The first-order chi connectivity index (χ1) is 14.3. The molecule has 0 aromatic heterocycles. The minimum Gasteiger partial charge on any atom is -0.376 e. The molecule has 1 aliphatic rings. The molecule has 154 valence electrons. The summed E-state index contributed by atoms with van der Waals surface area (Å²) in [7, 11) is 0. The Morgan fingerprint density at radius 1 is 0.897 bits per heavy atom. The van der Waals surface area contributed by atoms with E-state index in [0.29, 0.717) is 6.61 Å². The standard InChI is InChI=1S/C28H36O/c1-3-5-7-8-23-9-13-25(14-10-23)27-17-19-28(20-18-27)26-15-11-24(12-16-26)22-29-21-6-4-2/h4-5,7,11-12,15-20,23,25H,2-3,6,8-10,13-14,21-22H2,1H3. The summed E-state index contributed by atoms with van der Waals surface area (Å²) >= 11 is 0. The molecule has 0 radical (unpaired) electrons. The second kappa shape index (κ2) is 11.8. The van der Waals surface area contributed by atoms with Crippen molar-refractivity contribution in [3.8, 4) is 11.1 Å². The lowest BCUT2D eigenvalue weighted by Crippen LogP contribution is -2.12. The molecule has 1 saturated carbocycles. The Bertz CT molecular complexity index is 746. The smallest absolute Gasteiger partial charge is 0.0717 e. The third-order valence-electron chi connectivity index (χ3n) is 6.12. The summed E-state index contributed by atoms with van der Waals surface area (Å²) in [5, 5.41) is 0. The van der Waals surface area contributed by atoms with Gasteiger partial charge in [-0.2, -0.15) is 0 Å². The van der Waals surface area contributed by atoms with Crippen molar-refractivity contribution in [1.29, 1.82) is 0 Å². The van der Waals surface area contributed by atoms with Gasteiger partial charge >= 0.3 is 0 Å².